The summed E-state index contributed by atoms with van der Waals surface area (Å²) in [6.45, 7) is 0.563. The average Bonchev–Trinajstić information content (AvgIpc) is 2.75. The summed E-state index contributed by atoms with van der Waals surface area (Å²) < 4.78 is 11.8. The molecule has 1 aromatic heterocycles. The van der Waals surface area contributed by atoms with Gasteiger partial charge in [-0.05, 0) is 19.3 Å². The van der Waals surface area contributed by atoms with Crippen molar-refractivity contribution in [2.24, 2.45) is 7.05 Å². The Balaban J connectivity index is 1.99. The van der Waals surface area contributed by atoms with Crippen LogP contribution in [0.3, 0.4) is 0 Å². The standard InChI is InChI=1S/C14H22N4O4/c1-17-8-10(13(16-17)22-3)15-12(19)9-18-7-5-4-6-11(21-2)14(18)20/h8,11H,4-7,9H2,1-3H3,(H,15,19). The van der Waals surface area contributed by atoms with Gasteiger partial charge in [0.2, 0.25) is 5.91 Å². The van der Waals surface area contributed by atoms with Crippen molar-refractivity contribution in [1.82, 2.24) is 14.7 Å². The highest BCUT2D eigenvalue weighted by atomic mass is 16.5. The first kappa shape index (κ1) is 16.3. The molecule has 1 aliphatic heterocycles. The molecule has 8 heteroatoms. The third kappa shape index (κ3) is 3.76. The Labute approximate surface area is 129 Å². The molecule has 0 saturated carbocycles. The summed E-state index contributed by atoms with van der Waals surface area (Å²) in [7, 11) is 4.74. The van der Waals surface area contributed by atoms with E-state index in [2.05, 4.69) is 10.4 Å². The molecule has 1 saturated heterocycles. The number of carbonyl (C=O) groups is 2. The number of nitrogens with one attached hydrogen (secondary N) is 1. The molecule has 2 rings (SSSR count). The minimum atomic E-state index is -0.455. The Kier molecular flexibility index (Phi) is 5.37. The van der Waals surface area contributed by atoms with Crippen molar-refractivity contribution in [1.29, 1.82) is 0 Å². The largest absolute Gasteiger partial charge is 0.478 e. The Bertz CT molecular complexity index is 543. The number of rotatable bonds is 5. The third-order valence-corrected chi connectivity index (χ3v) is 3.61. The Morgan fingerprint density at radius 2 is 2.23 bits per heavy atom. The van der Waals surface area contributed by atoms with Crippen LogP contribution in [0.4, 0.5) is 5.69 Å². The summed E-state index contributed by atoms with van der Waals surface area (Å²) in [5.74, 6) is -0.0717. The number of anilines is 1. The highest BCUT2D eigenvalue weighted by Crippen LogP contribution is 2.21. The Morgan fingerprint density at radius 3 is 2.91 bits per heavy atom. The lowest BCUT2D eigenvalue weighted by molar-refractivity contribution is -0.143. The fourth-order valence-electron chi connectivity index (χ4n) is 2.51. The molecule has 2 heterocycles. The zero-order valence-electron chi connectivity index (χ0n) is 13.2. The predicted octanol–water partition coefficient (Wildman–Crippen LogP) is 0.395. The summed E-state index contributed by atoms with van der Waals surface area (Å²) in [5.41, 5.74) is 0.487. The number of amides is 2. The van der Waals surface area contributed by atoms with Crippen molar-refractivity contribution >= 4 is 17.5 Å². The van der Waals surface area contributed by atoms with Crippen LogP contribution in [0.15, 0.2) is 6.20 Å². The Hall–Kier alpha value is -2.09. The van der Waals surface area contributed by atoms with Crippen LogP contribution in [0.1, 0.15) is 19.3 Å². The number of nitrogens with zero attached hydrogens (tertiary/aromatic N) is 3. The van der Waals surface area contributed by atoms with Gasteiger partial charge in [-0.2, -0.15) is 0 Å². The van der Waals surface area contributed by atoms with Gasteiger partial charge in [0.25, 0.3) is 11.8 Å². The van der Waals surface area contributed by atoms with Crippen LogP contribution in [0.2, 0.25) is 0 Å². The van der Waals surface area contributed by atoms with E-state index < -0.39 is 6.10 Å². The molecule has 122 valence electrons. The molecule has 0 aliphatic carbocycles. The van der Waals surface area contributed by atoms with Gasteiger partial charge in [-0.15, -0.1) is 5.10 Å². The van der Waals surface area contributed by atoms with Gasteiger partial charge in [0.15, 0.2) is 0 Å². The first-order valence-corrected chi connectivity index (χ1v) is 7.24. The van der Waals surface area contributed by atoms with Gasteiger partial charge in [-0.1, -0.05) is 0 Å². The number of likely N-dealkylation sites (tertiary alicyclic amines) is 1. The molecular weight excluding hydrogens is 288 g/mol. The van der Waals surface area contributed by atoms with Crippen molar-refractivity contribution in [3.8, 4) is 5.88 Å². The van der Waals surface area contributed by atoms with Crippen LogP contribution >= 0.6 is 0 Å². The van der Waals surface area contributed by atoms with E-state index in [0.717, 1.165) is 12.8 Å². The van der Waals surface area contributed by atoms with Crippen molar-refractivity contribution < 1.29 is 19.1 Å². The number of aryl methyl sites for hydroxylation is 1. The van der Waals surface area contributed by atoms with Gasteiger partial charge in [0.05, 0.1) is 19.9 Å². The zero-order chi connectivity index (χ0) is 16.1. The quantitative estimate of drug-likeness (QED) is 0.850. The molecule has 22 heavy (non-hydrogen) atoms. The number of hydrogen-bond acceptors (Lipinski definition) is 5. The summed E-state index contributed by atoms with van der Waals surface area (Å²) in [4.78, 5) is 26.0. The maximum absolute atomic E-state index is 12.3. The van der Waals surface area contributed by atoms with Crippen molar-refractivity contribution in [2.75, 3.05) is 32.6 Å². The van der Waals surface area contributed by atoms with Crippen LogP contribution in [0, 0.1) is 0 Å². The van der Waals surface area contributed by atoms with Gasteiger partial charge in [-0.3, -0.25) is 14.3 Å². The maximum atomic E-state index is 12.3. The molecule has 0 spiro atoms. The van der Waals surface area contributed by atoms with E-state index in [-0.39, 0.29) is 18.4 Å². The lowest BCUT2D eigenvalue weighted by atomic mass is 10.2. The number of aromatic nitrogens is 2. The highest BCUT2D eigenvalue weighted by molar-refractivity contribution is 5.95. The fourth-order valence-corrected chi connectivity index (χ4v) is 2.51. The van der Waals surface area contributed by atoms with Gasteiger partial charge >= 0.3 is 0 Å². The maximum Gasteiger partial charge on any atom is 0.256 e. The monoisotopic (exact) mass is 310 g/mol. The van der Waals surface area contributed by atoms with Gasteiger partial charge in [-0.25, -0.2) is 0 Å². The van der Waals surface area contributed by atoms with Crippen LogP contribution in [-0.4, -0.2) is 59.9 Å². The lowest BCUT2D eigenvalue weighted by Crippen LogP contribution is -2.43. The van der Waals surface area contributed by atoms with E-state index in [1.165, 1.54) is 14.2 Å². The van der Waals surface area contributed by atoms with Crippen molar-refractivity contribution in [3.63, 3.8) is 0 Å². The SMILES string of the molecule is COc1nn(C)cc1NC(=O)CN1CCCCC(OC)C1=O. The van der Waals surface area contributed by atoms with Crippen LogP contribution in [0.25, 0.3) is 0 Å². The first-order valence-electron chi connectivity index (χ1n) is 7.24. The van der Waals surface area contributed by atoms with E-state index in [4.69, 9.17) is 9.47 Å². The van der Waals surface area contributed by atoms with Gasteiger partial charge in [0, 0.05) is 20.7 Å². The highest BCUT2D eigenvalue weighted by Gasteiger charge is 2.28. The minimum Gasteiger partial charge on any atom is -0.478 e. The molecule has 2 amide bonds. The predicted molar refractivity (Wildman–Crippen MR) is 79.6 cm³/mol. The summed E-state index contributed by atoms with van der Waals surface area (Å²) >= 11 is 0. The van der Waals surface area contributed by atoms with Crippen molar-refractivity contribution in [2.45, 2.75) is 25.4 Å². The molecule has 1 aromatic rings. The molecule has 1 unspecified atom stereocenters. The molecule has 1 N–H and O–H groups in total. The summed E-state index contributed by atoms with van der Waals surface area (Å²) in [5, 5.41) is 6.78. The van der Waals surface area contributed by atoms with Gasteiger partial charge in [0.1, 0.15) is 11.8 Å². The molecule has 0 aromatic carbocycles. The van der Waals surface area contributed by atoms with E-state index >= 15 is 0 Å². The number of hydrogen-bond donors (Lipinski definition) is 1. The number of methoxy groups -OCH3 is 2. The van der Waals surface area contributed by atoms with Crippen LogP contribution < -0.4 is 10.1 Å². The molecule has 1 fully saturated rings. The molecule has 0 bridgehead atoms. The summed E-state index contributed by atoms with van der Waals surface area (Å²) in [6.07, 6.45) is 3.68. The van der Waals surface area contributed by atoms with E-state index in [0.29, 0.717) is 24.5 Å². The molecule has 0 radical (unpaired) electrons. The lowest BCUT2D eigenvalue weighted by Gasteiger charge is -2.22. The van der Waals surface area contributed by atoms with E-state index in [1.54, 1.807) is 22.8 Å². The van der Waals surface area contributed by atoms with Crippen LogP contribution in [0.5, 0.6) is 5.88 Å². The smallest absolute Gasteiger partial charge is 0.256 e. The molecule has 8 nitrogen and oxygen atoms in total. The van der Waals surface area contributed by atoms with Gasteiger partial charge < -0.3 is 19.7 Å². The second kappa shape index (κ2) is 7.26. The number of ether oxygens (including phenoxy) is 2. The first-order chi connectivity index (χ1) is 10.5. The summed E-state index contributed by atoms with van der Waals surface area (Å²) in [6, 6.07) is 0. The van der Waals surface area contributed by atoms with Crippen molar-refractivity contribution in [3.05, 3.63) is 6.20 Å². The average molecular weight is 310 g/mol. The second-order valence-corrected chi connectivity index (χ2v) is 5.25. The third-order valence-electron chi connectivity index (χ3n) is 3.61. The zero-order valence-corrected chi connectivity index (χ0v) is 13.2. The molecule has 1 aliphatic rings. The second-order valence-electron chi connectivity index (χ2n) is 5.25. The Morgan fingerprint density at radius 1 is 1.45 bits per heavy atom. The number of carbonyl (C=O) groups excluding carboxylic acids is 2. The van der Waals surface area contributed by atoms with E-state index in [9.17, 15) is 9.59 Å². The minimum absolute atomic E-state index is 0.00323. The normalized spacial score (nSPS) is 19.0. The van der Waals surface area contributed by atoms with Crippen LogP contribution in [-0.2, 0) is 21.4 Å². The molecular formula is C14H22N4O4. The van der Waals surface area contributed by atoms with E-state index in [1.807, 2.05) is 0 Å². The molecule has 1 atom stereocenters. The topological polar surface area (TPSA) is 85.7 Å². The fraction of sp³-hybridized carbons (Fsp3) is 0.643.